The number of alkyl halides is 7. The van der Waals surface area contributed by atoms with Crippen molar-refractivity contribution in [2.75, 3.05) is 19.9 Å². The molecule has 1 saturated heterocycles. The van der Waals surface area contributed by atoms with Gasteiger partial charge in [0.05, 0.1) is 19.9 Å². The summed E-state index contributed by atoms with van der Waals surface area (Å²) in [6.45, 7) is 112. The predicted molar refractivity (Wildman–Crippen MR) is 557 cm³/mol. The van der Waals surface area contributed by atoms with E-state index in [1.54, 1.807) is 34.6 Å². The summed E-state index contributed by atoms with van der Waals surface area (Å²) >= 11 is 0. The molecule has 0 aromatic carbocycles. The van der Waals surface area contributed by atoms with Gasteiger partial charge in [0, 0.05) is 5.41 Å². The zero-order valence-electron chi connectivity index (χ0n) is 95.8. The van der Waals surface area contributed by atoms with Crippen LogP contribution >= 0.6 is 0 Å². The Morgan fingerprint density at radius 3 is 0.661 bits per heavy atom. The second-order valence-electron chi connectivity index (χ2n) is 48.5. The minimum Gasteiger partial charge on any atom is -0.380 e. The summed E-state index contributed by atoms with van der Waals surface area (Å²) in [5, 5.41) is 0. The van der Waals surface area contributed by atoms with Gasteiger partial charge in [-0.3, -0.25) is 4.39 Å². The molecule has 1 aliphatic heterocycles. The van der Waals surface area contributed by atoms with Gasteiger partial charge in [0.2, 0.25) is 0 Å². The first-order valence-corrected chi connectivity index (χ1v) is 53.4. The summed E-state index contributed by atoms with van der Waals surface area (Å²) < 4.78 is 98.2. The van der Waals surface area contributed by atoms with E-state index in [4.69, 9.17) is 4.74 Å². The van der Waals surface area contributed by atoms with Gasteiger partial charge in [0.1, 0.15) is 34.5 Å². The van der Waals surface area contributed by atoms with E-state index in [9.17, 15) is 30.7 Å². The Kier molecular flexibility index (Phi) is 77.1. The quantitative estimate of drug-likeness (QED) is 0.0552. The summed E-state index contributed by atoms with van der Waals surface area (Å²) in [7, 11) is 0. The molecule has 1 saturated carbocycles. The first-order valence-electron chi connectivity index (χ1n) is 53.4. The maximum atomic E-state index is 13.7. The average molecular weight is 1790 g/mol. The van der Waals surface area contributed by atoms with E-state index in [-0.39, 0.29) is 45.1 Å². The molecule has 762 valence electrons. The molecule has 0 aromatic heterocycles. The molecule has 2 aliphatic rings. The maximum Gasteiger partial charge on any atom is 0.111 e. The third-order valence-corrected chi connectivity index (χ3v) is 33.2. The van der Waals surface area contributed by atoms with E-state index in [2.05, 4.69) is 284 Å². The van der Waals surface area contributed by atoms with Crippen LogP contribution in [0.5, 0.6) is 0 Å². The summed E-state index contributed by atoms with van der Waals surface area (Å²) in [5.74, 6) is 1.99. The number of hydrogen-bond donors (Lipinski definition) is 0. The second-order valence-corrected chi connectivity index (χ2v) is 48.5. The van der Waals surface area contributed by atoms with Crippen LogP contribution in [-0.2, 0) is 4.74 Å². The molecule has 2 rings (SSSR count). The van der Waals surface area contributed by atoms with Crippen molar-refractivity contribution >= 4 is 0 Å². The lowest BCUT2D eigenvalue weighted by Crippen LogP contribution is -2.43. The van der Waals surface area contributed by atoms with Gasteiger partial charge in [-0.05, 0) is 227 Å². The molecule has 2 fully saturated rings. The molecule has 6 atom stereocenters. The smallest absolute Gasteiger partial charge is 0.111 e. The highest BCUT2D eigenvalue weighted by molar-refractivity contribution is 4.98. The Morgan fingerprint density at radius 2 is 0.500 bits per heavy atom. The monoisotopic (exact) mass is 1790 g/mol. The summed E-state index contributed by atoms with van der Waals surface area (Å²) in [6, 6.07) is 0. The van der Waals surface area contributed by atoms with Gasteiger partial charge < -0.3 is 4.74 Å². The fourth-order valence-corrected chi connectivity index (χ4v) is 17.2. The van der Waals surface area contributed by atoms with Crippen molar-refractivity contribution < 1.29 is 35.5 Å². The van der Waals surface area contributed by atoms with Gasteiger partial charge in [0.15, 0.2) is 0 Å². The largest absolute Gasteiger partial charge is 0.380 e. The van der Waals surface area contributed by atoms with E-state index in [1.165, 1.54) is 83.5 Å². The second kappa shape index (κ2) is 67.6. The van der Waals surface area contributed by atoms with Crippen molar-refractivity contribution in [3.8, 4) is 0 Å². The Hall–Kier alpha value is -0.530. The molecule has 1 heterocycles. The molecule has 1 aliphatic carbocycles. The normalized spacial score (nSPS) is 16.6. The lowest BCUT2D eigenvalue weighted by molar-refractivity contribution is -0.123. The zero-order chi connectivity index (χ0) is 100. The molecule has 0 amide bonds. The van der Waals surface area contributed by atoms with Crippen LogP contribution in [0.4, 0.5) is 30.7 Å². The minimum atomic E-state index is -1.01. The molecule has 0 bridgehead atoms. The minimum absolute atomic E-state index is 0.171. The Bertz CT molecular complexity index is 2110. The number of halogens is 7. The summed E-state index contributed by atoms with van der Waals surface area (Å²) in [5.41, 5.74) is 0.231. The molecule has 0 spiro atoms. The van der Waals surface area contributed by atoms with Gasteiger partial charge in [-0.15, -0.1) is 0 Å². The molecule has 1 nitrogen and oxygen atoms in total. The Labute approximate surface area is 783 Å². The SMILES string of the molecule is CCC(C)(CC)CC(C)(C)C.CCC(C)(CC)CC(C)(C)F.CCC(C)(CC)CC(C)C.CCC(C)(CC)CC(C)CF.CCC(C)(CC)CC1(C)COC1.CCC(C)(CC)CC1(F)CC1.CCC(C)(F)CC(C)(CC)CC.CCC(C)(F)CC(C)(CC)CC.CCC(C)(F)CC(C)(CC)CC.CCC(C)CC(C)(CC)CC.CCC(F)CC(C)(CC)CC. The van der Waals surface area contributed by atoms with Crippen LogP contribution in [0, 0.1) is 88.1 Å². The standard InChI is InChI=1S/3C11H23F.C11H22O.2C11H24.C10H19F.3C10H21F.C10H22/c3*1-6-10(4,7-2)9-11(5,12)8-3;1-5-10(3,6-2)7-11(4)8-12-9-11;1-7-11(6,8-2)9-10(3,4)5;1-6-10(4)9-11(5,7-2)8-3;1-4-9(3,5-2)8-10(11)6-7-10;1-6-10(5,7-2)8-9(3,4)11;1-5-10(4,6-2)7-9(3)8-11;1-5-9(11)8-10(4,6-2)7-3;1-6-10(5,7-2)8-9(3)4/h3*6-9H2,1-5H3;5-9H2,1-4H3;7-9H2,1-6H3;10H,6-9H2,1-5H3;4-8H2,1-3H3;6-8H2,1-5H3;2*9H,5-8H2,1-4H3;9H,6-8H2,1-5H3. The Balaban J connectivity index is -0.000000168. The van der Waals surface area contributed by atoms with E-state index in [1.807, 2.05) is 34.6 Å². The van der Waals surface area contributed by atoms with Gasteiger partial charge in [-0.2, -0.15) is 0 Å². The molecule has 124 heavy (non-hydrogen) atoms. The first-order chi connectivity index (χ1) is 56.2. The van der Waals surface area contributed by atoms with Crippen LogP contribution in [0.2, 0.25) is 0 Å². The lowest BCUT2D eigenvalue weighted by atomic mass is 9.69. The van der Waals surface area contributed by atoms with Gasteiger partial charge in [-0.1, -0.05) is 466 Å². The van der Waals surface area contributed by atoms with Gasteiger partial charge in [-0.25, -0.2) is 26.3 Å². The van der Waals surface area contributed by atoms with E-state index in [0.29, 0.717) is 89.3 Å². The predicted octanol–water partition coefficient (Wildman–Crippen LogP) is 44.0. The van der Waals surface area contributed by atoms with Crippen molar-refractivity contribution in [2.24, 2.45) is 88.1 Å². The van der Waals surface area contributed by atoms with E-state index < -0.39 is 34.5 Å². The van der Waals surface area contributed by atoms with Crippen LogP contribution in [0.25, 0.3) is 0 Å². The molecular formula is C116H243F7O. The van der Waals surface area contributed by atoms with Crippen LogP contribution in [0.1, 0.15) is 610 Å². The molecule has 0 N–H and O–H groups in total. The molecule has 0 radical (unpaired) electrons. The fraction of sp³-hybridized carbons (Fsp3) is 1.00. The van der Waals surface area contributed by atoms with Crippen molar-refractivity contribution in [3.63, 3.8) is 0 Å². The van der Waals surface area contributed by atoms with Crippen molar-refractivity contribution in [1.29, 1.82) is 0 Å². The van der Waals surface area contributed by atoms with E-state index in [0.717, 1.165) is 147 Å². The first kappa shape index (κ1) is 141. The van der Waals surface area contributed by atoms with Crippen molar-refractivity contribution in [1.82, 2.24) is 0 Å². The number of ether oxygens (including phenoxy) is 1. The highest BCUT2D eigenvalue weighted by Crippen LogP contribution is 2.51. The lowest BCUT2D eigenvalue weighted by Gasteiger charge is -2.44. The molecule has 6 unspecified atom stereocenters. The van der Waals surface area contributed by atoms with Crippen molar-refractivity contribution in [3.05, 3.63) is 0 Å². The maximum absolute atomic E-state index is 13.7. The number of rotatable bonds is 49. The van der Waals surface area contributed by atoms with Crippen LogP contribution < -0.4 is 0 Å². The average Bonchev–Trinajstić information content (AvgIpc) is 1.60. The Morgan fingerprint density at radius 1 is 0.274 bits per heavy atom. The number of hydrogen-bond acceptors (Lipinski definition) is 1. The van der Waals surface area contributed by atoms with Gasteiger partial charge >= 0.3 is 0 Å². The summed E-state index contributed by atoms with van der Waals surface area (Å²) in [4.78, 5) is 0. The zero-order valence-corrected chi connectivity index (χ0v) is 95.8. The highest BCUT2D eigenvalue weighted by Gasteiger charge is 2.47. The molecule has 8 heteroatoms. The highest BCUT2D eigenvalue weighted by atomic mass is 19.2. The van der Waals surface area contributed by atoms with Crippen molar-refractivity contribution in [2.45, 2.75) is 644 Å². The molecule has 0 aromatic rings. The third kappa shape index (κ3) is 72.9. The van der Waals surface area contributed by atoms with Gasteiger partial charge in [0.25, 0.3) is 0 Å². The van der Waals surface area contributed by atoms with E-state index >= 15 is 0 Å². The fourth-order valence-electron chi connectivity index (χ4n) is 17.2. The molecular weight excluding hydrogens is 1540 g/mol. The van der Waals surface area contributed by atoms with Crippen LogP contribution in [0.15, 0.2) is 0 Å². The topological polar surface area (TPSA) is 9.23 Å². The summed E-state index contributed by atoms with van der Waals surface area (Å²) in [6.07, 6.45) is 41.4. The van der Waals surface area contributed by atoms with Crippen LogP contribution in [-0.4, -0.2) is 54.4 Å². The van der Waals surface area contributed by atoms with Crippen LogP contribution in [0.3, 0.4) is 0 Å². The third-order valence-electron chi connectivity index (χ3n) is 33.2.